The van der Waals surface area contributed by atoms with Gasteiger partial charge in [-0.3, -0.25) is 4.79 Å². The fourth-order valence-corrected chi connectivity index (χ4v) is 0.709. The van der Waals surface area contributed by atoms with E-state index in [4.69, 9.17) is 4.42 Å². The highest BCUT2D eigenvalue weighted by atomic mass is 16.4. The predicted molar refractivity (Wildman–Crippen MR) is 42.8 cm³/mol. The number of ketones is 1. The van der Waals surface area contributed by atoms with Crippen LogP contribution in [-0.2, 0) is 0 Å². The Balaban J connectivity index is 2.93. The van der Waals surface area contributed by atoms with E-state index in [1.807, 2.05) is 20.8 Å². The molecule has 0 aliphatic rings. The molecular weight excluding hydrogens is 156 g/mol. The molecule has 1 rings (SSSR count). The van der Waals surface area contributed by atoms with Gasteiger partial charge in [0.05, 0.1) is 0 Å². The van der Waals surface area contributed by atoms with Crippen LogP contribution in [0.4, 0.5) is 0 Å². The summed E-state index contributed by atoms with van der Waals surface area (Å²) < 4.78 is 5.00. The minimum atomic E-state index is -0.459. The fourth-order valence-electron chi connectivity index (χ4n) is 0.709. The molecule has 0 bridgehead atoms. The van der Waals surface area contributed by atoms with E-state index in [-0.39, 0.29) is 11.7 Å². The molecule has 12 heavy (non-hydrogen) atoms. The molecule has 4 heteroatoms. The van der Waals surface area contributed by atoms with E-state index in [1.165, 1.54) is 0 Å². The summed E-state index contributed by atoms with van der Waals surface area (Å²) in [5, 5.41) is 7.23. The second-order valence-electron chi connectivity index (χ2n) is 3.71. The van der Waals surface area contributed by atoms with Gasteiger partial charge in [-0.2, -0.15) is 0 Å². The summed E-state index contributed by atoms with van der Waals surface area (Å²) in [5.74, 6) is 0.394. The quantitative estimate of drug-likeness (QED) is 0.598. The molecule has 0 spiro atoms. The highest BCUT2D eigenvalue weighted by molar-refractivity contribution is 5.95. The lowest BCUT2D eigenvalue weighted by atomic mass is 9.91. The molecule has 0 atom stereocenters. The monoisotopic (exact) mass is 168 g/mol. The van der Waals surface area contributed by atoms with Crippen LogP contribution >= 0.6 is 0 Å². The van der Waals surface area contributed by atoms with Gasteiger partial charge in [0.25, 0.3) is 5.89 Å². The maximum atomic E-state index is 11.5. The molecule has 0 N–H and O–H groups in total. The summed E-state index contributed by atoms with van der Waals surface area (Å²) in [5.41, 5.74) is -0.459. The van der Waals surface area contributed by atoms with Gasteiger partial charge in [-0.25, -0.2) is 0 Å². The number of carbonyl (C=O) groups is 1. The third-order valence-corrected chi connectivity index (χ3v) is 1.40. The van der Waals surface area contributed by atoms with Crippen molar-refractivity contribution in [1.82, 2.24) is 10.2 Å². The normalized spacial score (nSPS) is 11.7. The van der Waals surface area contributed by atoms with Crippen LogP contribution in [0, 0.1) is 12.3 Å². The number of hydrogen-bond acceptors (Lipinski definition) is 4. The molecule has 0 fully saturated rings. The third-order valence-electron chi connectivity index (χ3n) is 1.40. The Kier molecular flexibility index (Phi) is 2.00. The Morgan fingerprint density at radius 3 is 2.25 bits per heavy atom. The van der Waals surface area contributed by atoms with Crippen LogP contribution in [0.5, 0.6) is 0 Å². The van der Waals surface area contributed by atoms with Crippen molar-refractivity contribution in [2.75, 3.05) is 0 Å². The van der Waals surface area contributed by atoms with E-state index in [2.05, 4.69) is 10.2 Å². The number of nitrogens with zero attached hydrogens (tertiary/aromatic N) is 2. The van der Waals surface area contributed by atoms with Crippen molar-refractivity contribution in [3.63, 3.8) is 0 Å². The fraction of sp³-hybridized carbons (Fsp3) is 0.625. The van der Waals surface area contributed by atoms with E-state index in [1.54, 1.807) is 6.92 Å². The Hall–Kier alpha value is -1.19. The maximum Gasteiger partial charge on any atom is 0.284 e. The molecule has 0 amide bonds. The zero-order chi connectivity index (χ0) is 9.35. The molecule has 1 aromatic rings. The number of aryl methyl sites for hydroxylation is 1. The molecule has 0 aliphatic carbocycles. The van der Waals surface area contributed by atoms with Crippen LogP contribution in [0.15, 0.2) is 4.42 Å². The SMILES string of the molecule is Cc1nnc(C(=O)C(C)(C)C)o1. The van der Waals surface area contributed by atoms with Crippen molar-refractivity contribution in [1.29, 1.82) is 0 Å². The highest BCUT2D eigenvalue weighted by Gasteiger charge is 2.27. The van der Waals surface area contributed by atoms with Gasteiger partial charge in [0.15, 0.2) is 0 Å². The van der Waals surface area contributed by atoms with Crippen LogP contribution in [-0.4, -0.2) is 16.0 Å². The van der Waals surface area contributed by atoms with Crippen molar-refractivity contribution in [3.8, 4) is 0 Å². The lowest BCUT2D eigenvalue weighted by Crippen LogP contribution is -2.20. The number of rotatable bonds is 1. The molecule has 0 unspecified atom stereocenters. The summed E-state index contributed by atoms with van der Waals surface area (Å²) >= 11 is 0. The summed E-state index contributed by atoms with van der Waals surface area (Å²) in [4.78, 5) is 11.5. The second kappa shape index (κ2) is 2.69. The average molecular weight is 168 g/mol. The van der Waals surface area contributed by atoms with Crippen LogP contribution in [0.25, 0.3) is 0 Å². The maximum absolute atomic E-state index is 11.5. The molecule has 0 aliphatic heterocycles. The van der Waals surface area contributed by atoms with Crippen LogP contribution in [0.3, 0.4) is 0 Å². The molecule has 0 saturated heterocycles. The smallest absolute Gasteiger partial charge is 0.284 e. The van der Waals surface area contributed by atoms with E-state index in [9.17, 15) is 4.79 Å². The van der Waals surface area contributed by atoms with Crippen LogP contribution in [0.2, 0.25) is 0 Å². The molecule has 66 valence electrons. The number of carbonyl (C=O) groups excluding carboxylic acids is 1. The van der Waals surface area contributed by atoms with Gasteiger partial charge in [-0.05, 0) is 0 Å². The van der Waals surface area contributed by atoms with Crippen molar-refractivity contribution in [2.24, 2.45) is 5.41 Å². The van der Waals surface area contributed by atoms with Gasteiger partial charge in [0, 0.05) is 12.3 Å². The van der Waals surface area contributed by atoms with Crippen LogP contribution < -0.4 is 0 Å². The molecule has 1 aromatic heterocycles. The van der Waals surface area contributed by atoms with E-state index < -0.39 is 5.41 Å². The Bertz CT molecular complexity index is 296. The Morgan fingerprint density at radius 1 is 1.33 bits per heavy atom. The van der Waals surface area contributed by atoms with Crippen molar-refractivity contribution < 1.29 is 9.21 Å². The molecule has 0 aromatic carbocycles. The van der Waals surface area contributed by atoms with Gasteiger partial charge in [0.1, 0.15) is 0 Å². The first-order valence-electron chi connectivity index (χ1n) is 3.76. The topological polar surface area (TPSA) is 56.0 Å². The first kappa shape index (κ1) is 8.90. The Labute approximate surface area is 71.0 Å². The largest absolute Gasteiger partial charge is 0.419 e. The number of hydrogen-bond donors (Lipinski definition) is 0. The van der Waals surface area contributed by atoms with Gasteiger partial charge in [0.2, 0.25) is 11.7 Å². The van der Waals surface area contributed by atoms with E-state index >= 15 is 0 Å². The second-order valence-corrected chi connectivity index (χ2v) is 3.71. The minimum Gasteiger partial charge on any atom is -0.419 e. The summed E-state index contributed by atoms with van der Waals surface area (Å²) in [6.07, 6.45) is 0. The summed E-state index contributed by atoms with van der Waals surface area (Å²) in [7, 11) is 0. The lowest BCUT2D eigenvalue weighted by molar-refractivity contribution is 0.0819. The standard InChI is InChI=1S/C8H12N2O2/c1-5-9-10-7(12-5)6(11)8(2,3)4/h1-4H3. The van der Waals surface area contributed by atoms with Gasteiger partial charge >= 0.3 is 0 Å². The van der Waals surface area contributed by atoms with Gasteiger partial charge in [-0.15, -0.1) is 10.2 Å². The van der Waals surface area contributed by atoms with Gasteiger partial charge < -0.3 is 4.42 Å². The summed E-state index contributed by atoms with van der Waals surface area (Å²) in [6, 6.07) is 0. The zero-order valence-electron chi connectivity index (χ0n) is 7.71. The van der Waals surface area contributed by atoms with Gasteiger partial charge in [-0.1, -0.05) is 20.8 Å². The lowest BCUT2D eigenvalue weighted by Gasteiger charge is -2.12. The molecule has 0 radical (unpaired) electrons. The molecule has 1 heterocycles. The van der Waals surface area contributed by atoms with Crippen molar-refractivity contribution >= 4 is 5.78 Å². The molecule has 4 nitrogen and oxygen atoms in total. The van der Waals surface area contributed by atoms with E-state index in [0.29, 0.717) is 5.89 Å². The first-order valence-corrected chi connectivity index (χ1v) is 3.76. The van der Waals surface area contributed by atoms with Crippen molar-refractivity contribution in [2.45, 2.75) is 27.7 Å². The van der Waals surface area contributed by atoms with E-state index in [0.717, 1.165) is 0 Å². The zero-order valence-corrected chi connectivity index (χ0v) is 7.71. The third kappa shape index (κ3) is 1.69. The highest BCUT2D eigenvalue weighted by Crippen LogP contribution is 2.19. The number of aromatic nitrogens is 2. The van der Waals surface area contributed by atoms with Crippen LogP contribution in [0.1, 0.15) is 37.3 Å². The van der Waals surface area contributed by atoms with Crippen molar-refractivity contribution in [3.05, 3.63) is 11.8 Å². The Morgan fingerprint density at radius 2 is 1.92 bits per heavy atom. The first-order chi connectivity index (χ1) is 5.41. The minimum absolute atomic E-state index is 0.0972. The number of Topliss-reactive ketones (excluding diaryl/α,β-unsaturated/α-hetero) is 1. The average Bonchev–Trinajstić information content (AvgIpc) is 2.32. The summed E-state index contributed by atoms with van der Waals surface area (Å²) in [6.45, 7) is 7.10. The molecular formula is C8H12N2O2. The predicted octanol–water partition coefficient (Wildman–Crippen LogP) is 1.61. The molecule has 0 saturated carbocycles.